The van der Waals surface area contributed by atoms with Crippen LogP contribution in [0.15, 0.2) is 67.1 Å². The molecule has 0 radical (unpaired) electrons. The quantitative estimate of drug-likeness (QED) is 0.726. The fourth-order valence-corrected chi connectivity index (χ4v) is 2.25. The molecule has 0 aliphatic carbocycles. The molecule has 0 atom stereocenters. The maximum absolute atomic E-state index is 13.6. The third-order valence-electron chi connectivity index (χ3n) is 3.61. The van der Waals surface area contributed by atoms with E-state index in [-0.39, 0.29) is 11.7 Å². The molecule has 5 nitrogen and oxygen atoms in total. The van der Waals surface area contributed by atoms with E-state index in [1.165, 1.54) is 6.07 Å². The molecular formula is C19H17FN4O. The first-order valence-corrected chi connectivity index (χ1v) is 7.83. The van der Waals surface area contributed by atoms with E-state index in [2.05, 4.69) is 20.6 Å². The molecule has 0 fully saturated rings. The summed E-state index contributed by atoms with van der Waals surface area (Å²) in [5, 5.41) is 5.87. The Bertz CT molecular complexity index is 838. The molecule has 1 aromatic carbocycles. The highest BCUT2D eigenvalue weighted by Gasteiger charge is 2.07. The van der Waals surface area contributed by atoms with Crippen LogP contribution in [0.25, 0.3) is 0 Å². The highest BCUT2D eigenvalue weighted by Crippen LogP contribution is 2.11. The predicted molar refractivity (Wildman–Crippen MR) is 93.4 cm³/mol. The Balaban J connectivity index is 1.54. The van der Waals surface area contributed by atoms with Crippen molar-refractivity contribution in [3.63, 3.8) is 0 Å². The van der Waals surface area contributed by atoms with Gasteiger partial charge in [0.05, 0.1) is 11.9 Å². The Hall–Kier alpha value is -3.28. The normalized spacial score (nSPS) is 10.3. The van der Waals surface area contributed by atoms with Crippen molar-refractivity contribution in [1.82, 2.24) is 15.3 Å². The van der Waals surface area contributed by atoms with Gasteiger partial charge in [-0.15, -0.1) is 0 Å². The number of nitrogens with zero attached hydrogens (tertiary/aromatic N) is 2. The summed E-state index contributed by atoms with van der Waals surface area (Å²) in [5.74, 6) is -0.515. The summed E-state index contributed by atoms with van der Waals surface area (Å²) in [4.78, 5) is 20.2. The number of aromatic nitrogens is 2. The number of halogens is 1. The zero-order chi connectivity index (χ0) is 17.5. The van der Waals surface area contributed by atoms with Crippen molar-refractivity contribution in [3.05, 3.63) is 89.8 Å². The lowest BCUT2D eigenvalue weighted by atomic mass is 10.2. The Morgan fingerprint density at radius 1 is 1.00 bits per heavy atom. The van der Waals surface area contributed by atoms with Gasteiger partial charge in [-0.1, -0.05) is 24.3 Å². The lowest BCUT2D eigenvalue weighted by Crippen LogP contribution is -2.23. The molecule has 1 amide bonds. The Morgan fingerprint density at radius 3 is 2.60 bits per heavy atom. The molecule has 3 aromatic rings. The number of amides is 1. The number of hydrogen-bond donors (Lipinski definition) is 2. The largest absolute Gasteiger partial charge is 0.380 e. The van der Waals surface area contributed by atoms with Crippen LogP contribution in [0, 0.1) is 5.82 Å². The summed E-state index contributed by atoms with van der Waals surface area (Å²) >= 11 is 0. The molecule has 25 heavy (non-hydrogen) atoms. The molecular weight excluding hydrogens is 319 g/mol. The maximum Gasteiger partial charge on any atom is 0.270 e. The number of carbonyl (C=O) groups is 1. The molecule has 2 N–H and O–H groups in total. The van der Waals surface area contributed by atoms with Gasteiger partial charge in [0.2, 0.25) is 0 Å². The van der Waals surface area contributed by atoms with Crippen LogP contribution < -0.4 is 10.6 Å². The van der Waals surface area contributed by atoms with E-state index >= 15 is 0 Å². The van der Waals surface area contributed by atoms with Gasteiger partial charge in [0.1, 0.15) is 11.5 Å². The van der Waals surface area contributed by atoms with Crippen molar-refractivity contribution in [2.75, 3.05) is 5.32 Å². The van der Waals surface area contributed by atoms with Crippen LogP contribution >= 0.6 is 0 Å². The van der Waals surface area contributed by atoms with Gasteiger partial charge in [0, 0.05) is 31.0 Å². The maximum atomic E-state index is 13.6. The lowest BCUT2D eigenvalue weighted by Gasteiger charge is -2.08. The SMILES string of the molecule is O=C(NCc1cccnc1)c1ccc(NCc2ccccc2F)cn1. The molecule has 0 aliphatic heterocycles. The van der Waals surface area contributed by atoms with Crippen LogP contribution in [0.3, 0.4) is 0 Å². The summed E-state index contributed by atoms with van der Waals surface area (Å²) in [7, 11) is 0. The van der Waals surface area contributed by atoms with E-state index in [0.717, 1.165) is 5.56 Å². The van der Waals surface area contributed by atoms with Crippen molar-refractivity contribution in [1.29, 1.82) is 0 Å². The monoisotopic (exact) mass is 336 g/mol. The number of rotatable bonds is 6. The van der Waals surface area contributed by atoms with Gasteiger partial charge < -0.3 is 10.6 Å². The smallest absolute Gasteiger partial charge is 0.270 e. The van der Waals surface area contributed by atoms with Gasteiger partial charge in [-0.05, 0) is 29.8 Å². The van der Waals surface area contributed by atoms with Crippen LogP contribution in [0.1, 0.15) is 21.6 Å². The molecule has 0 saturated carbocycles. The van der Waals surface area contributed by atoms with Gasteiger partial charge in [-0.2, -0.15) is 0 Å². The minimum atomic E-state index is -0.260. The average Bonchev–Trinajstić information content (AvgIpc) is 2.67. The molecule has 0 saturated heterocycles. The lowest BCUT2D eigenvalue weighted by molar-refractivity contribution is 0.0946. The minimum absolute atomic E-state index is 0.255. The standard InChI is InChI=1S/C19H17FN4O/c20-17-6-2-1-5-15(17)12-22-16-7-8-18(23-13-16)19(25)24-11-14-4-3-9-21-10-14/h1-10,13,22H,11-12H2,(H,24,25). The van der Waals surface area contributed by atoms with E-state index in [0.29, 0.717) is 30.0 Å². The first-order valence-electron chi connectivity index (χ1n) is 7.83. The van der Waals surface area contributed by atoms with E-state index in [1.54, 1.807) is 48.9 Å². The van der Waals surface area contributed by atoms with Gasteiger partial charge in [-0.3, -0.25) is 9.78 Å². The molecule has 0 bridgehead atoms. The number of nitrogens with one attached hydrogen (secondary N) is 2. The summed E-state index contributed by atoms with van der Waals surface area (Å²) in [6.07, 6.45) is 4.93. The van der Waals surface area contributed by atoms with Gasteiger partial charge in [0.25, 0.3) is 5.91 Å². The van der Waals surface area contributed by atoms with Crippen molar-refractivity contribution in [2.45, 2.75) is 13.1 Å². The second-order valence-electron chi connectivity index (χ2n) is 5.42. The predicted octanol–water partition coefficient (Wildman–Crippen LogP) is 3.16. The van der Waals surface area contributed by atoms with Crippen LogP contribution in [-0.2, 0) is 13.1 Å². The molecule has 6 heteroatoms. The van der Waals surface area contributed by atoms with Crippen molar-refractivity contribution < 1.29 is 9.18 Å². The molecule has 3 rings (SSSR count). The van der Waals surface area contributed by atoms with Crippen LogP contribution in [0.2, 0.25) is 0 Å². The first kappa shape index (κ1) is 16.6. The number of pyridine rings is 2. The zero-order valence-electron chi connectivity index (χ0n) is 13.4. The third kappa shape index (κ3) is 4.60. The number of hydrogen-bond acceptors (Lipinski definition) is 4. The molecule has 2 heterocycles. The van der Waals surface area contributed by atoms with Gasteiger partial charge in [0.15, 0.2) is 0 Å². The second-order valence-corrected chi connectivity index (χ2v) is 5.42. The molecule has 0 aliphatic rings. The fraction of sp³-hybridized carbons (Fsp3) is 0.105. The average molecular weight is 336 g/mol. The summed E-state index contributed by atoms with van der Waals surface area (Å²) in [6.45, 7) is 0.739. The first-order chi connectivity index (χ1) is 12.2. The zero-order valence-corrected chi connectivity index (χ0v) is 13.4. The van der Waals surface area contributed by atoms with Gasteiger partial charge in [-0.25, -0.2) is 9.37 Å². The van der Waals surface area contributed by atoms with E-state index < -0.39 is 0 Å². The summed E-state index contributed by atoms with van der Waals surface area (Å²) < 4.78 is 13.6. The van der Waals surface area contributed by atoms with Gasteiger partial charge >= 0.3 is 0 Å². The second kappa shape index (κ2) is 8.01. The number of carbonyl (C=O) groups excluding carboxylic acids is 1. The molecule has 126 valence electrons. The number of anilines is 1. The van der Waals surface area contributed by atoms with Crippen LogP contribution in [0.4, 0.5) is 10.1 Å². The van der Waals surface area contributed by atoms with Crippen molar-refractivity contribution in [2.24, 2.45) is 0 Å². The topological polar surface area (TPSA) is 66.9 Å². The van der Waals surface area contributed by atoms with Crippen LogP contribution in [0.5, 0.6) is 0 Å². The van der Waals surface area contributed by atoms with E-state index in [1.807, 2.05) is 12.1 Å². The van der Waals surface area contributed by atoms with Crippen molar-refractivity contribution in [3.8, 4) is 0 Å². The van der Waals surface area contributed by atoms with Crippen LogP contribution in [-0.4, -0.2) is 15.9 Å². The minimum Gasteiger partial charge on any atom is -0.380 e. The Kier molecular flexibility index (Phi) is 5.31. The third-order valence-corrected chi connectivity index (χ3v) is 3.61. The van der Waals surface area contributed by atoms with E-state index in [4.69, 9.17) is 0 Å². The number of benzene rings is 1. The highest BCUT2D eigenvalue weighted by molar-refractivity contribution is 5.92. The Labute approximate surface area is 145 Å². The summed E-state index contributed by atoms with van der Waals surface area (Å²) in [6, 6.07) is 13.6. The highest BCUT2D eigenvalue weighted by atomic mass is 19.1. The molecule has 2 aromatic heterocycles. The molecule has 0 unspecified atom stereocenters. The van der Waals surface area contributed by atoms with Crippen molar-refractivity contribution >= 4 is 11.6 Å². The van der Waals surface area contributed by atoms with E-state index in [9.17, 15) is 9.18 Å². The summed E-state index contributed by atoms with van der Waals surface area (Å²) in [5.41, 5.74) is 2.52. The molecule has 0 spiro atoms. The fourth-order valence-electron chi connectivity index (χ4n) is 2.25. The Morgan fingerprint density at radius 2 is 1.88 bits per heavy atom.